The number of primary amides is 1. The maximum absolute atomic E-state index is 11.0. The molecule has 1 aliphatic rings. The Hall–Kier alpha value is -1.75. The second kappa shape index (κ2) is 4.18. The Balaban J connectivity index is 0.00000112. The summed E-state index contributed by atoms with van der Waals surface area (Å²) in [5, 5.41) is 2.58. The number of rotatable bonds is 1. The van der Waals surface area contributed by atoms with Crippen molar-refractivity contribution in [3.63, 3.8) is 0 Å². The van der Waals surface area contributed by atoms with Crippen molar-refractivity contribution in [3.05, 3.63) is 23.8 Å². The number of hydrogen-bond donors (Lipinski definition) is 2. The van der Waals surface area contributed by atoms with Crippen molar-refractivity contribution in [1.82, 2.24) is 0 Å². The Bertz CT molecular complexity index is 420. The van der Waals surface area contributed by atoms with Gasteiger partial charge in [0.15, 0.2) is 6.61 Å². The Morgan fingerprint density at radius 3 is 2.87 bits per heavy atom. The van der Waals surface area contributed by atoms with Crippen molar-refractivity contribution >= 4 is 29.9 Å². The van der Waals surface area contributed by atoms with Crippen LogP contribution in [0.3, 0.4) is 0 Å². The van der Waals surface area contributed by atoms with E-state index in [1.54, 1.807) is 12.1 Å². The summed E-state index contributed by atoms with van der Waals surface area (Å²) >= 11 is 0. The first-order chi connectivity index (χ1) is 6.66. The predicted molar refractivity (Wildman–Crippen MR) is 56.3 cm³/mol. The second-order valence-corrected chi connectivity index (χ2v) is 2.91. The third-order valence-corrected chi connectivity index (χ3v) is 1.90. The molecule has 0 aliphatic carbocycles. The molecule has 1 aromatic carbocycles. The Kier molecular flexibility index (Phi) is 3.16. The van der Waals surface area contributed by atoms with Gasteiger partial charge in [-0.05, 0) is 18.2 Å². The number of nitrogens with two attached hydrogens (primary N) is 1. The zero-order valence-corrected chi connectivity index (χ0v) is 8.47. The van der Waals surface area contributed by atoms with Gasteiger partial charge in [-0.1, -0.05) is 0 Å². The monoisotopic (exact) mass is 228 g/mol. The largest absolute Gasteiger partial charge is 0.482 e. The average Bonchev–Trinajstić information content (AvgIpc) is 2.16. The van der Waals surface area contributed by atoms with Gasteiger partial charge >= 0.3 is 0 Å². The quantitative estimate of drug-likeness (QED) is 0.736. The third kappa shape index (κ3) is 2.19. The Morgan fingerprint density at radius 1 is 1.47 bits per heavy atom. The number of fused-ring (bicyclic) bond motifs is 1. The molecule has 80 valence electrons. The van der Waals surface area contributed by atoms with Crippen LogP contribution in [0.15, 0.2) is 18.2 Å². The summed E-state index contributed by atoms with van der Waals surface area (Å²) in [6, 6.07) is 4.65. The lowest BCUT2D eigenvalue weighted by molar-refractivity contribution is -0.118. The van der Waals surface area contributed by atoms with Crippen molar-refractivity contribution in [3.8, 4) is 5.75 Å². The standard InChI is InChI=1S/C9H8N2O3.ClH/c10-9(13)5-1-2-7-6(3-5)11-8(12)4-14-7;/h1-3H,4H2,(H2,10,13)(H,11,12);1H. The summed E-state index contributed by atoms with van der Waals surface area (Å²) in [4.78, 5) is 21.8. The van der Waals surface area contributed by atoms with E-state index < -0.39 is 5.91 Å². The molecule has 0 saturated heterocycles. The maximum atomic E-state index is 11.0. The van der Waals surface area contributed by atoms with Crippen molar-refractivity contribution in [2.24, 2.45) is 5.73 Å². The summed E-state index contributed by atoms with van der Waals surface area (Å²) in [6.45, 7) is 0.00289. The SMILES string of the molecule is Cl.NC(=O)c1ccc2c(c1)NC(=O)CO2. The minimum Gasteiger partial charge on any atom is -0.482 e. The number of carbonyl (C=O) groups excluding carboxylic acids is 2. The van der Waals surface area contributed by atoms with E-state index in [0.717, 1.165) is 0 Å². The molecule has 1 aromatic rings. The van der Waals surface area contributed by atoms with Crippen LogP contribution in [0.4, 0.5) is 5.69 Å². The molecule has 1 aliphatic heterocycles. The molecule has 0 fully saturated rings. The molecule has 0 unspecified atom stereocenters. The fourth-order valence-electron chi connectivity index (χ4n) is 1.24. The normalized spacial score (nSPS) is 12.9. The number of hydrogen-bond acceptors (Lipinski definition) is 3. The van der Waals surface area contributed by atoms with Crippen LogP contribution < -0.4 is 15.8 Å². The van der Waals surface area contributed by atoms with Gasteiger partial charge in [0.05, 0.1) is 5.69 Å². The fourth-order valence-corrected chi connectivity index (χ4v) is 1.24. The van der Waals surface area contributed by atoms with Gasteiger partial charge in [0.2, 0.25) is 5.91 Å². The number of nitrogens with one attached hydrogen (secondary N) is 1. The number of amides is 2. The van der Waals surface area contributed by atoms with Gasteiger partial charge in [-0.25, -0.2) is 0 Å². The van der Waals surface area contributed by atoms with Crippen LogP contribution in [-0.4, -0.2) is 18.4 Å². The van der Waals surface area contributed by atoms with E-state index in [-0.39, 0.29) is 24.9 Å². The molecule has 0 bridgehead atoms. The van der Waals surface area contributed by atoms with Crippen LogP contribution in [0.25, 0.3) is 0 Å². The van der Waals surface area contributed by atoms with E-state index in [1.165, 1.54) is 6.07 Å². The van der Waals surface area contributed by atoms with E-state index in [1.807, 2.05) is 0 Å². The summed E-state index contributed by atoms with van der Waals surface area (Å²) in [5.41, 5.74) is 5.92. The van der Waals surface area contributed by atoms with E-state index in [0.29, 0.717) is 17.0 Å². The lowest BCUT2D eigenvalue weighted by atomic mass is 10.1. The van der Waals surface area contributed by atoms with Crippen LogP contribution >= 0.6 is 12.4 Å². The van der Waals surface area contributed by atoms with Crippen LogP contribution in [0.5, 0.6) is 5.75 Å². The highest BCUT2D eigenvalue weighted by Gasteiger charge is 2.16. The highest BCUT2D eigenvalue weighted by molar-refractivity contribution is 5.99. The second-order valence-electron chi connectivity index (χ2n) is 2.91. The van der Waals surface area contributed by atoms with Gasteiger partial charge in [-0.3, -0.25) is 9.59 Å². The molecule has 5 nitrogen and oxygen atoms in total. The van der Waals surface area contributed by atoms with Crippen LogP contribution in [0.2, 0.25) is 0 Å². The summed E-state index contributed by atoms with van der Waals surface area (Å²) in [7, 11) is 0. The molecule has 2 amide bonds. The molecule has 15 heavy (non-hydrogen) atoms. The van der Waals surface area contributed by atoms with E-state index in [4.69, 9.17) is 10.5 Å². The average molecular weight is 229 g/mol. The lowest BCUT2D eigenvalue weighted by Crippen LogP contribution is -2.25. The molecule has 0 aromatic heterocycles. The van der Waals surface area contributed by atoms with Gasteiger partial charge in [-0.15, -0.1) is 12.4 Å². The van der Waals surface area contributed by atoms with Gasteiger partial charge in [-0.2, -0.15) is 0 Å². The van der Waals surface area contributed by atoms with Crippen LogP contribution in [0.1, 0.15) is 10.4 Å². The molecular formula is C9H9ClN2O3. The minimum atomic E-state index is -0.535. The minimum absolute atomic E-state index is 0. The topological polar surface area (TPSA) is 81.4 Å². The number of carbonyl (C=O) groups is 2. The number of halogens is 1. The third-order valence-electron chi connectivity index (χ3n) is 1.90. The van der Waals surface area contributed by atoms with Gasteiger partial charge < -0.3 is 15.8 Å². The number of ether oxygens (including phenoxy) is 1. The van der Waals surface area contributed by atoms with E-state index in [9.17, 15) is 9.59 Å². The maximum Gasteiger partial charge on any atom is 0.262 e. The lowest BCUT2D eigenvalue weighted by Gasteiger charge is -2.17. The van der Waals surface area contributed by atoms with E-state index >= 15 is 0 Å². The zero-order chi connectivity index (χ0) is 10.1. The number of benzene rings is 1. The van der Waals surface area contributed by atoms with Crippen molar-refractivity contribution < 1.29 is 14.3 Å². The molecule has 0 atom stereocenters. The van der Waals surface area contributed by atoms with Gasteiger partial charge in [0, 0.05) is 5.56 Å². The summed E-state index contributed by atoms with van der Waals surface area (Å²) in [6.07, 6.45) is 0. The smallest absolute Gasteiger partial charge is 0.262 e. The number of anilines is 1. The fraction of sp³-hybridized carbons (Fsp3) is 0.111. The first-order valence-corrected chi connectivity index (χ1v) is 4.03. The van der Waals surface area contributed by atoms with Gasteiger partial charge in [0.25, 0.3) is 5.91 Å². The molecule has 6 heteroatoms. The molecule has 0 radical (unpaired) electrons. The Labute approximate surface area is 92.0 Å². The summed E-state index contributed by atoms with van der Waals surface area (Å²) < 4.78 is 5.11. The first-order valence-electron chi connectivity index (χ1n) is 4.03. The van der Waals surface area contributed by atoms with Crippen molar-refractivity contribution in [2.75, 3.05) is 11.9 Å². The molecular weight excluding hydrogens is 220 g/mol. The van der Waals surface area contributed by atoms with Gasteiger partial charge in [0.1, 0.15) is 5.75 Å². The molecule has 0 saturated carbocycles. The zero-order valence-electron chi connectivity index (χ0n) is 7.65. The highest BCUT2D eigenvalue weighted by atomic mass is 35.5. The molecule has 3 N–H and O–H groups in total. The molecule has 2 rings (SSSR count). The van der Waals surface area contributed by atoms with Crippen LogP contribution in [0, 0.1) is 0 Å². The van der Waals surface area contributed by atoms with E-state index in [2.05, 4.69) is 5.32 Å². The summed E-state index contributed by atoms with van der Waals surface area (Å²) in [5.74, 6) is -0.221. The highest BCUT2D eigenvalue weighted by Crippen LogP contribution is 2.28. The molecule has 0 spiro atoms. The van der Waals surface area contributed by atoms with Crippen molar-refractivity contribution in [2.45, 2.75) is 0 Å². The Morgan fingerprint density at radius 2 is 2.20 bits per heavy atom. The predicted octanol–water partition coefficient (Wildman–Crippen LogP) is 0.538. The first kappa shape index (κ1) is 11.3. The van der Waals surface area contributed by atoms with Crippen molar-refractivity contribution in [1.29, 1.82) is 0 Å². The molecule has 1 heterocycles. The van der Waals surface area contributed by atoms with Crippen LogP contribution in [-0.2, 0) is 4.79 Å².